The summed E-state index contributed by atoms with van der Waals surface area (Å²) in [6.45, 7) is 7.75. The number of aryl methyl sites for hydroxylation is 2. The Morgan fingerprint density at radius 2 is 2.03 bits per heavy atom. The Morgan fingerprint density at radius 3 is 2.67 bits per heavy atom. The highest BCUT2D eigenvalue weighted by atomic mass is 35.5. The van der Waals surface area contributed by atoms with Gasteiger partial charge in [0.25, 0.3) is 5.56 Å². The first kappa shape index (κ1) is 21.9. The van der Waals surface area contributed by atoms with Gasteiger partial charge in [-0.1, -0.05) is 25.4 Å². The highest BCUT2D eigenvalue weighted by Crippen LogP contribution is 2.35. The Bertz CT molecular complexity index is 1190. The summed E-state index contributed by atoms with van der Waals surface area (Å²) in [5.41, 5.74) is 0.484. The normalized spacial score (nSPS) is 13.6. The molecule has 1 atom stereocenters. The van der Waals surface area contributed by atoms with Crippen LogP contribution in [0.5, 0.6) is 5.75 Å². The molecular weight excluding hydrogens is 406 g/mol. The zero-order valence-corrected chi connectivity index (χ0v) is 18.5. The third-order valence-corrected chi connectivity index (χ3v) is 5.55. The summed E-state index contributed by atoms with van der Waals surface area (Å²) in [6.07, 6.45) is 1.17. The van der Waals surface area contributed by atoms with Gasteiger partial charge >= 0.3 is 6.09 Å². The van der Waals surface area contributed by atoms with Crippen molar-refractivity contribution in [1.82, 2.24) is 14.9 Å². The van der Waals surface area contributed by atoms with Crippen molar-refractivity contribution in [3.8, 4) is 5.75 Å². The number of nitrogens with zero attached hydrogens (tertiary/aromatic N) is 2. The zero-order chi connectivity index (χ0) is 22.2. The molecule has 0 aliphatic rings. The van der Waals surface area contributed by atoms with E-state index in [2.05, 4.69) is 10.3 Å². The van der Waals surface area contributed by atoms with Crippen LogP contribution in [0.4, 0.5) is 4.79 Å². The molecule has 0 aliphatic heterocycles. The molecule has 0 fully saturated rings. The van der Waals surface area contributed by atoms with Crippen molar-refractivity contribution < 1.29 is 14.6 Å². The molecule has 0 aliphatic carbocycles. The van der Waals surface area contributed by atoms with Crippen molar-refractivity contribution in [2.24, 2.45) is 13.0 Å². The van der Waals surface area contributed by atoms with E-state index in [1.807, 2.05) is 32.9 Å². The van der Waals surface area contributed by atoms with Gasteiger partial charge in [-0.25, -0.2) is 4.79 Å². The molecule has 0 saturated carbocycles. The second kappa shape index (κ2) is 8.14. The minimum Gasteiger partial charge on any atom is -0.490 e. The summed E-state index contributed by atoms with van der Waals surface area (Å²) in [7, 11) is 1.69. The average molecular weight is 432 g/mol. The predicted molar refractivity (Wildman–Crippen MR) is 119 cm³/mol. The second-order valence-electron chi connectivity index (χ2n) is 8.33. The maximum atomic E-state index is 13.1. The molecular formula is C22H26ClN3O4. The number of nitrogens with one attached hydrogen (secondary N) is 1. The molecule has 2 aromatic heterocycles. The van der Waals surface area contributed by atoms with Gasteiger partial charge in [0, 0.05) is 18.6 Å². The van der Waals surface area contributed by atoms with Crippen LogP contribution in [0.1, 0.15) is 32.9 Å². The number of carboxylic acid groups (broad SMARTS) is 1. The van der Waals surface area contributed by atoms with E-state index in [1.165, 1.54) is 0 Å². The van der Waals surface area contributed by atoms with E-state index in [-0.39, 0.29) is 23.1 Å². The van der Waals surface area contributed by atoms with Crippen molar-refractivity contribution in [2.45, 2.75) is 39.7 Å². The molecule has 160 valence electrons. The molecule has 8 heteroatoms. The van der Waals surface area contributed by atoms with E-state index in [9.17, 15) is 14.7 Å². The standard InChI is InChI=1S/C22H26ClN3O4/c1-12(2)10-22(4,25-21(28)29)11-30-16-7-6-14-15-8-9-24-13(3)19(15)26(5)20(27)17(14)18(16)23/h6-9,12,25H,10-11H2,1-5H3,(H,28,29). The van der Waals surface area contributed by atoms with Crippen molar-refractivity contribution >= 4 is 39.4 Å². The number of amides is 1. The van der Waals surface area contributed by atoms with Gasteiger partial charge in [0.1, 0.15) is 12.4 Å². The fourth-order valence-corrected chi connectivity index (χ4v) is 4.41. The molecule has 3 rings (SSSR count). The van der Waals surface area contributed by atoms with Crippen LogP contribution in [0.2, 0.25) is 5.02 Å². The van der Waals surface area contributed by atoms with Gasteiger partial charge in [-0.05, 0) is 49.8 Å². The van der Waals surface area contributed by atoms with Gasteiger partial charge in [0.2, 0.25) is 0 Å². The number of ether oxygens (including phenoxy) is 1. The van der Waals surface area contributed by atoms with E-state index in [0.29, 0.717) is 17.6 Å². The first-order valence-corrected chi connectivity index (χ1v) is 10.1. The molecule has 0 bridgehead atoms. The lowest BCUT2D eigenvalue weighted by Crippen LogP contribution is -2.50. The monoisotopic (exact) mass is 431 g/mol. The number of aromatic nitrogens is 2. The Labute approximate surface area is 179 Å². The number of pyridine rings is 2. The Balaban J connectivity index is 2.08. The summed E-state index contributed by atoms with van der Waals surface area (Å²) in [4.78, 5) is 28.6. The summed E-state index contributed by atoms with van der Waals surface area (Å²) < 4.78 is 7.47. The molecule has 1 unspecified atom stereocenters. The minimum absolute atomic E-state index is 0.0830. The number of carbonyl (C=O) groups is 1. The Morgan fingerprint density at radius 1 is 1.33 bits per heavy atom. The fraction of sp³-hybridized carbons (Fsp3) is 0.409. The van der Waals surface area contributed by atoms with Gasteiger partial charge < -0.3 is 19.7 Å². The number of fused-ring (bicyclic) bond motifs is 3. The van der Waals surface area contributed by atoms with E-state index < -0.39 is 11.6 Å². The van der Waals surface area contributed by atoms with Crippen LogP contribution < -0.4 is 15.6 Å². The van der Waals surface area contributed by atoms with E-state index in [0.717, 1.165) is 22.0 Å². The van der Waals surface area contributed by atoms with Crippen molar-refractivity contribution in [3.05, 3.63) is 45.5 Å². The SMILES string of the molecule is Cc1nccc2c3ccc(OCC(C)(CC(C)C)NC(=O)O)c(Cl)c3c(=O)n(C)c12. The highest BCUT2D eigenvalue weighted by molar-refractivity contribution is 6.37. The first-order valence-electron chi connectivity index (χ1n) is 9.74. The van der Waals surface area contributed by atoms with Crippen molar-refractivity contribution in [3.63, 3.8) is 0 Å². The molecule has 0 radical (unpaired) electrons. The third kappa shape index (κ3) is 4.07. The number of benzene rings is 1. The third-order valence-electron chi connectivity index (χ3n) is 5.17. The van der Waals surface area contributed by atoms with Gasteiger partial charge in [0.05, 0.1) is 27.2 Å². The lowest BCUT2D eigenvalue weighted by atomic mass is 9.91. The fourth-order valence-electron chi connectivity index (χ4n) is 4.11. The second-order valence-corrected chi connectivity index (χ2v) is 8.71. The lowest BCUT2D eigenvalue weighted by molar-refractivity contribution is 0.143. The molecule has 1 aromatic carbocycles. The molecule has 0 saturated heterocycles. The largest absolute Gasteiger partial charge is 0.490 e. The zero-order valence-electron chi connectivity index (χ0n) is 17.7. The molecule has 0 spiro atoms. The van der Waals surface area contributed by atoms with Crippen molar-refractivity contribution in [1.29, 1.82) is 0 Å². The van der Waals surface area contributed by atoms with Crippen LogP contribution in [0.25, 0.3) is 21.7 Å². The lowest BCUT2D eigenvalue weighted by Gasteiger charge is -2.31. The van der Waals surface area contributed by atoms with Gasteiger partial charge in [-0.15, -0.1) is 0 Å². The molecule has 7 nitrogen and oxygen atoms in total. The number of rotatable bonds is 6. The average Bonchev–Trinajstić information content (AvgIpc) is 2.63. The van der Waals surface area contributed by atoms with Gasteiger partial charge in [-0.3, -0.25) is 9.78 Å². The van der Waals surface area contributed by atoms with E-state index in [4.69, 9.17) is 16.3 Å². The molecule has 2 N–H and O–H groups in total. The summed E-state index contributed by atoms with van der Waals surface area (Å²) >= 11 is 6.61. The van der Waals surface area contributed by atoms with Gasteiger partial charge in [0.15, 0.2) is 0 Å². The topological polar surface area (TPSA) is 93.5 Å². The quantitative estimate of drug-likeness (QED) is 0.560. The maximum Gasteiger partial charge on any atom is 0.405 e. The van der Waals surface area contributed by atoms with Gasteiger partial charge in [-0.2, -0.15) is 0 Å². The van der Waals surface area contributed by atoms with Crippen LogP contribution in [-0.2, 0) is 7.05 Å². The first-order chi connectivity index (χ1) is 14.0. The Kier molecular flexibility index (Phi) is 5.94. The van der Waals surface area contributed by atoms with Crippen LogP contribution in [-0.4, -0.2) is 32.9 Å². The van der Waals surface area contributed by atoms with E-state index >= 15 is 0 Å². The number of halogens is 1. The van der Waals surface area contributed by atoms with E-state index in [1.54, 1.807) is 30.8 Å². The Hall–Kier alpha value is -2.80. The summed E-state index contributed by atoms with van der Waals surface area (Å²) in [6, 6.07) is 5.39. The maximum absolute atomic E-state index is 13.1. The van der Waals surface area contributed by atoms with Crippen LogP contribution in [0.15, 0.2) is 29.2 Å². The highest BCUT2D eigenvalue weighted by Gasteiger charge is 2.29. The van der Waals surface area contributed by atoms with Crippen LogP contribution in [0, 0.1) is 12.8 Å². The van der Waals surface area contributed by atoms with Crippen LogP contribution >= 0.6 is 11.6 Å². The smallest absolute Gasteiger partial charge is 0.405 e. The molecule has 1 amide bonds. The summed E-state index contributed by atoms with van der Waals surface area (Å²) in [5, 5.41) is 13.9. The molecule has 30 heavy (non-hydrogen) atoms. The molecule has 3 aromatic rings. The van der Waals surface area contributed by atoms with Crippen LogP contribution in [0.3, 0.4) is 0 Å². The molecule has 2 heterocycles. The number of hydrogen-bond acceptors (Lipinski definition) is 4. The van der Waals surface area contributed by atoms with Crippen molar-refractivity contribution in [2.75, 3.05) is 6.61 Å². The number of hydrogen-bond donors (Lipinski definition) is 2. The summed E-state index contributed by atoms with van der Waals surface area (Å²) in [5.74, 6) is 0.599. The predicted octanol–water partition coefficient (Wildman–Crippen LogP) is 4.50. The minimum atomic E-state index is -1.12.